The van der Waals surface area contributed by atoms with Crippen LogP contribution in [-0.2, 0) is 17.2 Å². The molecule has 0 atom stereocenters. The molecule has 2 aromatic heterocycles. The molecule has 6 heteroatoms. The third kappa shape index (κ3) is 3.94. The zero-order valence-electron chi connectivity index (χ0n) is 12.9. The van der Waals surface area contributed by atoms with Gasteiger partial charge in [0.2, 0.25) is 5.91 Å². The monoisotopic (exact) mass is 308 g/mol. The number of carbonyl (C=O) groups is 1. The Labute approximate surface area is 129 Å². The lowest BCUT2D eigenvalue weighted by molar-refractivity contribution is -0.122. The summed E-state index contributed by atoms with van der Waals surface area (Å²) in [5, 5.41) is 2.95. The molecule has 0 aliphatic heterocycles. The van der Waals surface area contributed by atoms with Gasteiger partial charge in [0.05, 0.1) is 5.88 Å². The first-order chi connectivity index (χ1) is 9.80. The van der Waals surface area contributed by atoms with E-state index in [-0.39, 0.29) is 11.4 Å². The number of aromatic nitrogens is 3. The molecule has 0 saturated carbocycles. The van der Waals surface area contributed by atoms with Crippen LogP contribution >= 0.6 is 11.6 Å². The molecule has 21 heavy (non-hydrogen) atoms. The standard InChI is InChI=1S/C15H21ClN4O/c1-10-7-11-14(17-9-10)20(12(8-16)18-11)6-5-13(21)19-15(2,3)4/h7,9H,5-6,8H2,1-4H3,(H,19,21). The summed E-state index contributed by atoms with van der Waals surface area (Å²) in [5.41, 5.74) is 2.43. The Kier molecular flexibility index (Phi) is 4.52. The lowest BCUT2D eigenvalue weighted by Gasteiger charge is -2.20. The van der Waals surface area contributed by atoms with Crippen LogP contribution in [0.25, 0.3) is 11.2 Å². The molecule has 0 unspecified atom stereocenters. The van der Waals surface area contributed by atoms with Crippen molar-refractivity contribution in [3.05, 3.63) is 23.7 Å². The van der Waals surface area contributed by atoms with Crippen molar-refractivity contribution in [1.29, 1.82) is 0 Å². The summed E-state index contributed by atoms with van der Waals surface area (Å²) < 4.78 is 1.92. The number of fused-ring (bicyclic) bond motifs is 1. The molecular weight excluding hydrogens is 288 g/mol. The third-order valence-corrected chi connectivity index (χ3v) is 3.24. The Morgan fingerprint density at radius 1 is 1.43 bits per heavy atom. The van der Waals surface area contributed by atoms with Gasteiger partial charge in [-0.3, -0.25) is 4.79 Å². The second kappa shape index (κ2) is 6.02. The van der Waals surface area contributed by atoms with Crippen molar-refractivity contribution < 1.29 is 4.79 Å². The number of aryl methyl sites for hydroxylation is 2. The SMILES string of the molecule is Cc1cnc2c(c1)nc(CCl)n2CCC(=O)NC(C)(C)C. The van der Waals surface area contributed by atoms with Crippen molar-refractivity contribution in [1.82, 2.24) is 19.9 Å². The fraction of sp³-hybridized carbons (Fsp3) is 0.533. The molecule has 0 aliphatic rings. The summed E-state index contributed by atoms with van der Waals surface area (Å²) in [6.07, 6.45) is 2.18. The van der Waals surface area contributed by atoms with Crippen molar-refractivity contribution in [2.24, 2.45) is 0 Å². The smallest absolute Gasteiger partial charge is 0.222 e. The lowest BCUT2D eigenvalue weighted by Crippen LogP contribution is -2.40. The number of nitrogens with one attached hydrogen (secondary N) is 1. The molecule has 0 radical (unpaired) electrons. The zero-order chi connectivity index (χ0) is 15.6. The first kappa shape index (κ1) is 15.8. The van der Waals surface area contributed by atoms with Crippen molar-refractivity contribution >= 4 is 28.7 Å². The molecule has 0 fully saturated rings. The Balaban J connectivity index is 2.19. The summed E-state index contributed by atoms with van der Waals surface area (Å²) in [5.74, 6) is 1.06. The molecule has 2 heterocycles. The number of pyridine rings is 1. The number of carbonyl (C=O) groups excluding carboxylic acids is 1. The summed E-state index contributed by atoms with van der Waals surface area (Å²) in [6, 6.07) is 1.98. The lowest BCUT2D eigenvalue weighted by atomic mass is 10.1. The molecule has 0 bridgehead atoms. The van der Waals surface area contributed by atoms with E-state index in [1.807, 2.05) is 38.3 Å². The molecule has 5 nitrogen and oxygen atoms in total. The number of alkyl halides is 1. The van der Waals surface area contributed by atoms with Crippen LogP contribution in [0.1, 0.15) is 38.6 Å². The van der Waals surface area contributed by atoms with Gasteiger partial charge in [0, 0.05) is 24.7 Å². The van der Waals surface area contributed by atoms with Crippen LogP contribution < -0.4 is 5.32 Å². The molecule has 1 N–H and O–H groups in total. The van der Waals surface area contributed by atoms with Gasteiger partial charge in [0.15, 0.2) is 5.65 Å². The van der Waals surface area contributed by atoms with Crippen molar-refractivity contribution in [3.63, 3.8) is 0 Å². The van der Waals surface area contributed by atoms with E-state index in [0.29, 0.717) is 18.8 Å². The fourth-order valence-electron chi connectivity index (χ4n) is 2.19. The first-order valence-corrected chi connectivity index (χ1v) is 7.52. The van der Waals surface area contributed by atoms with Crippen LogP contribution in [0, 0.1) is 6.92 Å². The molecule has 1 amide bonds. The minimum absolute atomic E-state index is 0.0111. The molecule has 2 rings (SSSR count). The van der Waals surface area contributed by atoms with Gasteiger partial charge in [-0.15, -0.1) is 11.6 Å². The quantitative estimate of drug-likeness (QED) is 0.884. The number of rotatable bonds is 4. The number of halogens is 1. The van der Waals surface area contributed by atoms with E-state index in [1.54, 1.807) is 6.20 Å². The molecular formula is C15H21ClN4O. The van der Waals surface area contributed by atoms with E-state index in [9.17, 15) is 4.79 Å². The normalized spacial score (nSPS) is 11.9. The molecule has 0 saturated heterocycles. The van der Waals surface area contributed by atoms with Gasteiger partial charge in [0.1, 0.15) is 11.3 Å². The van der Waals surface area contributed by atoms with E-state index in [1.165, 1.54) is 0 Å². The summed E-state index contributed by atoms with van der Waals surface area (Å²) in [6.45, 7) is 8.39. The van der Waals surface area contributed by atoms with Crippen LogP contribution in [0.2, 0.25) is 0 Å². The molecule has 2 aromatic rings. The fourth-order valence-corrected chi connectivity index (χ4v) is 2.39. The van der Waals surface area contributed by atoms with Gasteiger partial charge in [-0.25, -0.2) is 9.97 Å². The van der Waals surface area contributed by atoms with Crippen LogP contribution in [0.3, 0.4) is 0 Å². The second-order valence-corrected chi connectivity index (χ2v) is 6.48. The van der Waals surface area contributed by atoms with Crippen LogP contribution in [0.5, 0.6) is 0 Å². The largest absolute Gasteiger partial charge is 0.351 e. The van der Waals surface area contributed by atoms with Gasteiger partial charge in [0.25, 0.3) is 0 Å². The Hall–Kier alpha value is -1.62. The minimum Gasteiger partial charge on any atom is -0.351 e. The molecule has 114 valence electrons. The van der Waals surface area contributed by atoms with E-state index in [2.05, 4.69) is 15.3 Å². The first-order valence-electron chi connectivity index (χ1n) is 6.99. The highest BCUT2D eigenvalue weighted by Gasteiger charge is 2.16. The summed E-state index contributed by atoms with van der Waals surface area (Å²) in [7, 11) is 0. The highest BCUT2D eigenvalue weighted by atomic mass is 35.5. The van der Waals surface area contributed by atoms with Gasteiger partial charge in [-0.2, -0.15) is 0 Å². The van der Waals surface area contributed by atoms with Crippen molar-refractivity contribution in [2.45, 2.75) is 52.1 Å². The van der Waals surface area contributed by atoms with Gasteiger partial charge in [-0.05, 0) is 39.3 Å². The number of amides is 1. The number of hydrogen-bond acceptors (Lipinski definition) is 3. The minimum atomic E-state index is -0.223. The average Bonchev–Trinajstić information content (AvgIpc) is 2.71. The summed E-state index contributed by atoms with van der Waals surface area (Å²) >= 11 is 5.95. The Morgan fingerprint density at radius 3 is 2.76 bits per heavy atom. The number of imidazole rings is 1. The Bertz CT molecular complexity index is 657. The van der Waals surface area contributed by atoms with Gasteiger partial charge < -0.3 is 9.88 Å². The maximum Gasteiger partial charge on any atom is 0.222 e. The topological polar surface area (TPSA) is 59.8 Å². The van der Waals surface area contributed by atoms with Crippen molar-refractivity contribution in [3.8, 4) is 0 Å². The number of nitrogens with zero attached hydrogens (tertiary/aromatic N) is 3. The highest BCUT2D eigenvalue weighted by Crippen LogP contribution is 2.17. The van der Waals surface area contributed by atoms with E-state index >= 15 is 0 Å². The Morgan fingerprint density at radius 2 is 2.14 bits per heavy atom. The van der Waals surface area contributed by atoms with Gasteiger partial charge >= 0.3 is 0 Å². The molecule has 0 spiro atoms. The van der Waals surface area contributed by atoms with Crippen molar-refractivity contribution in [2.75, 3.05) is 0 Å². The predicted molar refractivity (Wildman–Crippen MR) is 84.3 cm³/mol. The highest BCUT2D eigenvalue weighted by molar-refractivity contribution is 6.16. The van der Waals surface area contributed by atoms with Crippen LogP contribution in [-0.4, -0.2) is 26.0 Å². The van der Waals surface area contributed by atoms with E-state index in [0.717, 1.165) is 22.6 Å². The summed E-state index contributed by atoms with van der Waals surface area (Å²) in [4.78, 5) is 20.8. The predicted octanol–water partition coefficient (Wildman–Crippen LogP) is 2.78. The second-order valence-electron chi connectivity index (χ2n) is 6.22. The molecule has 0 aliphatic carbocycles. The maximum absolute atomic E-state index is 11.9. The van der Waals surface area contributed by atoms with Crippen LogP contribution in [0.4, 0.5) is 0 Å². The zero-order valence-corrected chi connectivity index (χ0v) is 13.7. The van der Waals surface area contributed by atoms with Gasteiger partial charge in [-0.1, -0.05) is 0 Å². The molecule has 0 aromatic carbocycles. The van der Waals surface area contributed by atoms with Crippen LogP contribution in [0.15, 0.2) is 12.3 Å². The maximum atomic E-state index is 11.9. The van der Waals surface area contributed by atoms with E-state index in [4.69, 9.17) is 11.6 Å². The third-order valence-electron chi connectivity index (χ3n) is 3.00. The average molecular weight is 309 g/mol. The van der Waals surface area contributed by atoms with E-state index < -0.39 is 0 Å². The number of hydrogen-bond donors (Lipinski definition) is 1.